The Morgan fingerprint density at radius 3 is 2.69 bits per heavy atom. The molecule has 1 fully saturated rings. The third-order valence-corrected chi connectivity index (χ3v) is 5.55. The monoisotopic (exact) mass is 391 g/mol. The summed E-state index contributed by atoms with van der Waals surface area (Å²) in [7, 11) is 0. The van der Waals surface area contributed by atoms with Crippen molar-refractivity contribution in [2.75, 3.05) is 26.6 Å². The van der Waals surface area contributed by atoms with Crippen LogP contribution in [0.4, 0.5) is 0 Å². The molecule has 0 spiro atoms. The second kappa shape index (κ2) is 8.27. The molecule has 0 radical (unpaired) electrons. The van der Waals surface area contributed by atoms with Crippen LogP contribution >= 0.6 is 0 Å². The van der Waals surface area contributed by atoms with E-state index in [0.29, 0.717) is 5.92 Å². The van der Waals surface area contributed by atoms with Crippen LogP contribution < -0.4 is 14.8 Å². The molecule has 2 aliphatic rings. The van der Waals surface area contributed by atoms with Gasteiger partial charge in [-0.1, -0.05) is 18.2 Å². The Labute approximate surface area is 170 Å². The molecule has 0 bridgehead atoms. The van der Waals surface area contributed by atoms with Crippen molar-refractivity contribution >= 4 is 0 Å². The molecule has 1 N–H and O–H groups in total. The second-order valence-corrected chi connectivity index (χ2v) is 7.54. The van der Waals surface area contributed by atoms with Crippen molar-refractivity contribution in [1.82, 2.24) is 15.1 Å². The van der Waals surface area contributed by atoms with Crippen molar-refractivity contribution in [3.8, 4) is 28.4 Å². The van der Waals surface area contributed by atoms with Crippen molar-refractivity contribution in [2.45, 2.75) is 19.4 Å². The van der Waals surface area contributed by atoms with Crippen LogP contribution in [0, 0.1) is 5.92 Å². The van der Waals surface area contributed by atoms with Crippen LogP contribution in [0.1, 0.15) is 18.4 Å². The maximum atomic E-state index is 5.57. The summed E-state index contributed by atoms with van der Waals surface area (Å²) in [6, 6.07) is 16.2. The number of nitrogens with one attached hydrogen (secondary N) is 1. The molecule has 1 saturated heterocycles. The SMILES string of the molecule is c1ccc(-n2cc(CNCC3CCOCC3)c(-c3ccc4c(c3)OCO4)n2)cc1. The first-order chi connectivity index (χ1) is 14.4. The predicted octanol–water partition coefficient (Wildman–Crippen LogP) is 3.78. The fourth-order valence-corrected chi connectivity index (χ4v) is 3.90. The van der Waals surface area contributed by atoms with Gasteiger partial charge in [0.1, 0.15) is 0 Å². The van der Waals surface area contributed by atoms with Crippen molar-refractivity contribution in [3.63, 3.8) is 0 Å². The maximum absolute atomic E-state index is 5.57. The molecule has 6 heteroatoms. The Hall–Kier alpha value is -2.83. The summed E-state index contributed by atoms with van der Waals surface area (Å²) in [6.07, 6.45) is 4.38. The molecule has 150 valence electrons. The Kier molecular flexibility index (Phi) is 5.19. The molecule has 6 nitrogen and oxygen atoms in total. The van der Waals surface area contributed by atoms with Crippen LogP contribution in [0.3, 0.4) is 0 Å². The van der Waals surface area contributed by atoms with E-state index in [2.05, 4.69) is 23.6 Å². The highest BCUT2D eigenvalue weighted by atomic mass is 16.7. The quantitative estimate of drug-likeness (QED) is 0.693. The molecule has 0 saturated carbocycles. The number of nitrogens with zero attached hydrogens (tertiary/aromatic N) is 2. The largest absolute Gasteiger partial charge is 0.454 e. The number of aromatic nitrogens is 2. The van der Waals surface area contributed by atoms with Crippen LogP contribution in [0.2, 0.25) is 0 Å². The van der Waals surface area contributed by atoms with Crippen molar-refractivity contribution < 1.29 is 14.2 Å². The zero-order chi connectivity index (χ0) is 19.5. The van der Waals surface area contributed by atoms with E-state index in [0.717, 1.165) is 67.6 Å². The third-order valence-electron chi connectivity index (χ3n) is 5.55. The van der Waals surface area contributed by atoms with Crippen LogP contribution in [0.25, 0.3) is 16.9 Å². The molecule has 5 rings (SSSR count). The molecule has 2 aromatic carbocycles. The lowest BCUT2D eigenvalue weighted by molar-refractivity contribution is 0.0662. The molecule has 29 heavy (non-hydrogen) atoms. The number of hydrogen-bond donors (Lipinski definition) is 1. The average molecular weight is 391 g/mol. The van der Waals surface area contributed by atoms with Crippen LogP contribution in [0.15, 0.2) is 54.7 Å². The van der Waals surface area contributed by atoms with Crippen LogP contribution in [0.5, 0.6) is 11.5 Å². The molecule has 2 aliphatic heterocycles. The normalized spacial score (nSPS) is 16.3. The van der Waals surface area contributed by atoms with E-state index >= 15 is 0 Å². The Morgan fingerprint density at radius 1 is 1.00 bits per heavy atom. The summed E-state index contributed by atoms with van der Waals surface area (Å²) in [6.45, 7) is 3.80. The smallest absolute Gasteiger partial charge is 0.231 e. The lowest BCUT2D eigenvalue weighted by Gasteiger charge is -2.22. The lowest BCUT2D eigenvalue weighted by atomic mass is 10.0. The summed E-state index contributed by atoms with van der Waals surface area (Å²) in [5.74, 6) is 2.25. The Balaban J connectivity index is 1.41. The van der Waals surface area contributed by atoms with Crippen molar-refractivity contribution in [3.05, 3.63) is 60.3 Å². The topological polar surface area (TPSA) is 57.5 Å². The minimum absolute atomic E-state index is 0.275. The molecule has 1 aromatic heterocycles. The number of ether oxygens (including phenoxy) is 3. The van der Waals surface area contributed by atoms with E-state index in [-0.39, 0.29) is 6.79 Å². The first-order valence-corrected chi connectivity index (χ1v) is 10.2. The second-order valence-electron chi connectivity index (χ2n) is 7.54. The highest BCUT2D eigenvalue weighted by Crippen LogP contribution is 2.36. The zero-order valence-electron chi connectivity index (χ0n) is 16.3. The van der Waals surface area contributed by atoms with Gasteiger partial charge in [-0.2, -0.15) is 5.10 Å². The van der Waals surface area contributed by atoms with Gasteiger partial charge >= 0.3 is 0 Å². The number of para-hydroxylation sites is 1. The molecule has 0 aliphatic carbocycles. The van der Waals surface area contributed by atoms with E-state index in [1.165, 1.54) is 5.56 Å². The van der Waals surface area contributed by atoms with Crippen molar-refractivity contribution in [1.29, 1.82) is 0 Å². The van der Waals surface area contributed by atoms with Gasteiger partial charge in [0.25, 0.3) is 0 Å². The fraction of sp³-hybridized carbons (Fsp3) is 0.348. The maximum Gasteiger partial charge on any atom is 0.231 e. The molecule has 3 heterocycles. The predicted molar refractivity (Wildman–Crippen MR) is 110 cm³/mol. The van der Waals surface area contributed by atoms with Gasteiger partial charge in [0.2, 0.25) is 6.79 Å². The van der Waals surface area contributed by atoms with E-state index in [4.69, 9.17) is 19.3 Å². The molecule has 0 unspecified atom stereocenters. The Morgan fingerprint density at radius 2 is 1.83 bits per heavy atom. The highest BCUT2D eigenvalue weighted by molar-refractivity contribution is 5.67. The van der Waals surface area contributed by atoms with Gasteiger partial charge in [-0.3, -0.25) is 0 Å². The summed E-state index contributed by atoms with van der Waals surface area (Å²) in [4.78, 5) is 0. The van der Waals surface area contributed by atoms with Gasteiger partial charge in [-0.15, -0.1) is 0 Å². The van der Waals surface area contributed by atoms with Gasteiger partial charge in [0, 0.05) is 37.1 Å². The number of hydrogen-bond acceptors (Lipinski definition) is 5. The first kappa shape index (κ1) is 18.2. The van der Waals surface area contributed by atoms with Gasteiger partial charge in [0.05, 0.1) is 11.4 Å². The average Bonchev–Trinajstić information content (AvgIpc) is 3.42. The first-order valence-electron chi connectivity index (χ1n) is 10.2. The van der Waals surface area contributed by atoms with Gasteiger partial charge in [-0.25, -0.2) is 4.68 Å². The standard InChI is InChI=1S/C23H25N3O3/c1-2-4-20(5-3-1)26-15-19(14-24-13-17-8-10-27-11-9-17)23(25-26)18-6-7-21-22(12-18)29-16-28-21/h1-7,12,15,17,24H,8-11,13-14,16H2. The summed E-state index contributed by atoms with van der Waals surface area (Å²) in [5.41, 5.74) is 4.21. The summed E-state index contributed by atoms with van der Waals surface area (Å²) < 4.78 is 18.4. The minimum atomic E-state index is 0.275. The van der Waals surface area contributed by atoms with E-state index in [1.807, 2.05) is 41.1 Å². The van der Waals surface area contributed by atoms with Crippen LogP contribution in [-0.4, -0.2) is 36.3 Å². The van der Waals surface area contributed by atoms with Gasteiger partial charge in [0.15, 0.2) is 11.5 Å². The lowest BCUT2D eigenvalue weighted by Crippen LogP contribution is -2.27. The molecule has 3 aromatic rings. The minimum Gasteiger partial charge on any atom is -0.454 e. The van der Waals surface area contributed by atoms with E-state index < -0.39 is 0 Å². The molecule has 0 atom stereocenters. The van der Waals surface area contributed by atoms with Gasteiger partial charge < -0.3 is 19.5 Å². The van der Waals surface area contributed by atoms with Crippen molar-refractivity contribution in [2.24, 2.45) is 5.92 Å². The third kappa shape index (κ3) is 3.99. The number of benzene rings is 2. The number of fused-ring (bicyclic) bond motifs is 1. The fourth-order valence-electron chi connectivity index (χ4n) is 3.90. The van der Waals surface area contributed by atoms with Gasteiger partial charge in [-0.05, 0) is 55.6 Å². The molecular formula is C23H25N3O3. The zero-order valence-corrected chi connectivity index (χ0v) is 16.3. The molecular weight excluding hydrogens is 366 g/mol. The highest BCUT2D eigenvalue weighted by Gasteiger charge is 2.19. The van der Waals surface area contributed by atoms with Crippen LogP contribution in [-0.2, 0) is 11.3 Å². The summed E-state index contributed by atoms with van der Waals surface area (Å²) >= 11 is 0. The number of rotatable bonds is 6. The summed E-state index contributed by atoms with van der Waals surface area (Å²) in [5, 5.41) is 8.54. The van der Waals surface area contributed by atoms with E-state index in [9.17, 15) is 0 Å². The Bertz CT molecular complexity index is 965. The van der Waals surface area contributed by atoms with E-state index in [1.54, 1.807) is 0 Å². The molecule has 0 amide bonds.